The first-order chi connectivity index (χ1) is 8.33. The maximum Gasteiger partial charge on any atom is 0.239 e. The van der Waals surface area contributed by atoms with Crippen LogP contribution >= 0.6 is 12.2 Å². The fraction of sp³-hybridized carbons (Fsp3) is 0.308. The van der Waals surface area contributed by atoms with Gasteiger partial charge in [-0.15, -0.1) is 0 Å². The molecule has 1 fully saturated rings. The molecule has 0 bridgehead atoms. The third-order valence-electron chi connectivity index (χ3n) is 3.03. The highest BCUT2D eigenvalue weighted by Gasteiger charge is 2.45. The standard InChI is InChI=1S/C13H14N2O2S/c1-13(2)7-10(16)15(12(13)17)9-5-3-8(4-6-9)11(14)18/h3-6H,7H2,1-2H3,(H2,14,18). The van der Waals surface area contributed by atoms with Crippen LogP contribution in [0.1, 0.15) is 25.8 Å². The van der Waals surface area contributed by atoms with E-state index >= 15 is 0 Å². The fourth-order valence-corrected chi connectivity index (χ4v) is 2.12. The van der Waals surface area contributed by atoms with Gasteiger partial charge in [-0.3, -0.25) is 14.5 Å². The number of carbonyl (C=O) groups is 2. The van der Waals surface area contributed by atoms with Crippen molar-refractivity contribution in [2.75, 3.05) is 4.90 Å². The number of rotatable bonds is 2. The third-order valence-corrected chi connectivity index (χ3v) is 3.27. The molecule has 18 heavy (non-hydrogen) atoms. The summed E-state index contributed by atoms with van der Waals surface area (Å²) < 4.78 is 0. The van der Waals surface area contributed by atoms with Crippen LogP contribution in [0.5, 0.6) is 0 Å². The van der Waals surface area contributed by atoms with E-state index in [-0.39, 0.29) is 18.2 Å². The lowest BCUT2D eigenvalue weighted by Crippen LogP contribution is -2.32. The topological polar surface area (TPSA) is 63.4 Å². The predicted molar refractivity (Wildman–Crippen MR) is 73.2 cm³/mol. The van der Waals surface area contributed by atoms with E-state index in [1.807, 2.05) is 0 Å². The highest BCUT2D eigenvalue weighted by molar-refractivity contribution is 7.80. The predicted octanol–water partition coefficient (Wildman–Crippen LogP) is 1.61. The average molecular weight is 262 g/mol. The van der Waals surface area contributed by atoms with E-state index in [1.54, 1.807) is 38.1 Å². The first kappa shape index (κ1) is 12.7. The Kier molecular flexibility index (Phi) is 2.94. The van der Waals surface area contributed by atoms with Gasteiger partial charge in [0.2, 0.25) is 11.8 Å². The second kappa shape index (κ2) is 4.17. The van der Waals surface area contributed by atoms with Crippen molar-refractivity contribution in [1.29, 1.82) is 0 Å². The van der Waals surface area contributed by atoms with Gasteiger partial charge in [-0.1, -0.05) is 26.1 Å². The molecule has 0 unspecified atom stereocenters. The van der Waals surface area contributed by atoms with E-state index in [9.17, 15) is 9.59 Å². The summed E-state index contributed by atoms with van der Waals surface area (Å²) in [5.41, 5.74) is 6.15. The first-order valence-corrected chi connectivity index (χ1v) is 6.01. The Morgan fingerprint density at radius 2 is 1.83 bits per heavy atom. The SMILES string of the molecule is CC1(C)CC(=O)N(c2ccc(C(N)=S)cc2)C1=O. The number of imide groups is 1. The van der Waals surface area contributed by atoms with Gasteiger partial charge in [0.25, 0.3) is 0 Å². The summed E-state index contributed by atoms with van der Waals surface area (Å²) in [4.78, 5) is 25.5. The van der Waals surface area contributed by atoms with Gasteiger partial charge in [0.1, 0.15) is 4.99 Å². The molecule has 0 aliphatic carbocycles. The van der Waals surface area contributed by atoms with Gasteiger partial charge >= 0.3 is 0 Å². The van der Waals surface area contributed by atoms with Crippen LogP contribution in [0.15, 0.2) is 24.3 Å². The molecule has 4 nitrogen and oxygen atoms in total. The van der Waals surface area contributed by atoms with Crippen molar-refractivity contribution in [3.63, 3.8) is 0 Å². The Morgan fingerprint density at radius 1 is 1.28 bits per heavy atom. The van der Waals surface area contributed by atoms with Crippen LogP contribution < -0.4 is 10.6 Å². The zero-order valence-corrected chi connectivity index (χ0v) is 11.1. The van der Waals surface area contributed by atoms with Crippen LogP contribution in [0.2, 0.25) is 0 Å². The quantitative estimate of drug-likeness (QED) is 0.649. The molecule has 1 aromatic carbocycles. The molecule has 1 aliphatic rings. The maximum atomic E-state index is 12.1. The summed E-state index contributed by atoms with van der Waals surface area (Å²) in [6, 6.07) is 6.80. The second-order valence-corrected chi connectivity index (χ2v) is 5.45. The van der Waals surface area contributed by atoms with Crippen molar-refractivity contribution in [2.45, 2.75) is 20.3 Å². The molecule has 1 aliphatic heterocycles. The number of benzene rings is 1. The number of hydrogen-bond acceptors (Lipinski definition) is 3. The maximum absolute atomic E-state index is 12.1. The van der Waals surface area contributed by atoms with Crippen molar-refractivity contribution in [1.82, 2.24) is 0 Å². The van der Waals surface area contributed by atoms with E-state index in [0.717, 1.165) is 0 Å². The Bertz CT molecular complexity index is 534. The summed E-state index contributed by atoms with van der Waals surface area (Å²) in [5, 5.41) is 0. The Hall–Kier alpha value is -1.75. The Balaban J connectivity index is 2.35. The number of nitrogens with two attached hydrogens (primary N) is 1. The molecule has 94 valence electrons. The molecule has 1 aromatic rings. The molecule has 0 saturated carbocycles. The van der Waals surface area contributed by atoms with Crippen molar-refractivity contribution in [3.05, 3.63) is 29.8 Å². The lowest BCUT2D eigenvalue weighted by Gasteiger charge is -2.17. The summed E-state index contributed by atoms with van der Waals surface area (Å²) in [6.45, 7) is 3.55. The van der Waals surface area contributed by atoms with Gasteiger partial charge in [-0.25, -0.2) is 0 Å². The van der Waals surface area contributed by atoms with Crippen molar-refractivity contribution in [2.24, 2.45) is 11.1 Å². The van der Waals surface area contributed by atoms with Crippen LogP contribution in [0, 0.1) is 5.41 Å². The van der Waals surface area contributed by atoms with Crippen LogP contribution in [0.25, 0.3) is 0 Å². The number of carbonyl (C=O) groups excluding carboxylic acids is 2. The van der Waals surface area contributed by atoms with Crippen LogP contribution in [0.3, 0.4) is 0 Å². The molecule has 0 spiro atoms. The second-order valence-electron chi connectivity index (χ2n) is 5.01. The minimum absolute atomic E-state index is 0.171. The van der Waals surface area contributed by atoms with Crippen molar-refractivity contribution in [3.8, 4) is 0 Å². The summed E-state index contributed by atoms with van der Waals surface area (Å²) in [6.07, 6.45) is 0.239. The number of thiocarbonyl (C=S) groups is 1. The van der Waals surface area contributed by atoms with E-state index in [4.69, 9.17) is 18.0 Å². The van der Waals surface area contributed by atoms with Crippen molar-refractivity contribution < 1.29 is 9.59 Å². The zero-order valence-electron chi connectivity index (χ0n) is 10.3. The van der Waals surface area contributed by atoms with E-state index in [2.05, 4.69) is 0 Å². The average Bonchev–Trinajstić information content (AvgIpc) is 2.48. The molecule has 0 atom stereocenters. The Morgan fingerprint density at radius 3 is 2.22 bits per heavy atom. The van der Waals surface area contributed by atoms with E-state index in [1.165, 1.54) is 4.90 Å². The smallest absolute Gasteiger partial charge is 0.239 e. The van der Waals surface area contributed by atoms with Gasteiger partial charge in [-0.2, -0.15) is 0 Å². The van der Waals surface area contributed by atoms with Gasteiger partial charge in [0.15, 0.2) is 0 Å². The van der Waals surface area contributed by atoms with E-state index in [0.29, 0.717) is 16.2 Å². The highest BCUT2D eigenvalue weighted by Crippen LogP contribution is 2.34. The molecular weight excluding hydrogens is 248 g/mol. The first-order valence-electron chi connectivity index (χ1n) is 5.60. The van der Waals surface area contributed by atoms with Crippen LogP contribution in [0.4, 0.5) is 5.69 Å². The largest absolute Gasteiger partial charge is 0.389 e. The lowest BCUT2D eigenvalue weighted by atomic mass is 9.92. The molecule has 2 N–H and O–H groups in total. The van der Waals surface area contributed by atoms with Gasteiger partial charge in [0, 0.05) is 12.0 Å². The zero-order chi connectivity index (χ0) is 13.5. The minimum Gasteiger partial charge on any atom is -0.389 e. The van der Waals surface area contributed by atoms with E-state index < -0.39 is 5.41 Å². The number of nitrogens with zero attached hydrogens (tertiary/aromatic N) is 1. The van der Waals surface area contributed by atoms with Gasteiger partial charge < -0.3 is 5.73 Å². The van der Waals surface area contributed by atoms with Crippen LogP contribution in [-0.2, 0) is 9.59 Å². The van der Waals surface area contributed by atoms with Crippen LogP contribution in [-0.4, -0.2) is 16.8 Å². The molecule has 2 amide bonds. The summed E-state index contributed by atoms with van der Waals surface area (Å²) in [7, 11) is 0. The highest BCUT2D eigenvalue weighted by atomic mass is 32.1. The molecular formula is C13H14N2O2S. The third kappa shape index (κ3) is 2.01. The Labute approximate surface area is 111 Å². The molecule has 0 aromatic heterocycles. The molecule has 1 saturated heterocycles. The van der Waals surface area contributed by atoms with Gasteiger partial charge in [-0.05, 0) is 24.3 Å². The minimum atomic E-state index is -0.626. The number of anilines is 1. The number of amides is 2. The normalized spacial score (nSPS) is 18.2. The van der Waals surface area contributed by atoms with Crippen molar-refractivity contribution >= 4 is 34.7 Å². The lowest BCUT2D eigenvalue weighted by molar-refractivity contribution is -0.124. The summed E-state index contributed by atoms with van der Waals surface area (Å²) in [5.74, 6) is -0.344. The molecule has 2 rings (SSSR count). The van der Waals surface area contributed by atoms with Gasteiger partial charge in [0.05, 0.1) is 11.1 Å². The fourth-order valence-electron chi connectivity index (χ4n) is 1.98. The molecule has 1 heterocycles. The molecule has 0 radical (unpaired) electrons. The molecule has 5 heteroatoms. The summed E-state index contributed by atoms with van der Waals surface area (Å²) >= 11 is 4.85. The number of hydrogen-bond donors (Lipinski definition) is 1. The monoisotopic (exact) mass is 262 g/mol.